The molecule has 0 fully saturated rings. The van der Waals surface area contributed by atoms with Crippen LogP contribution >= 0.6 is 11.6 Å². The Labute approximate surface area is 119 Å². The fourth-order valence-corrected chi connectivity index (χ4v) is 1.69. The predicted molar refractivity (Wildman–Crippen MR) is 68.5 cm³/mol. The van der Waals surface area contributed by atoms with Crippen molar-refractivity contribution in [3.05, 3.63) is 17.0 Å². The van der Waals surface area contributed by atoms with Gasteiger partial charge >= 0.3 is 6.18 Å². The summed E-state index contributed by atoms with van der Waals surface area (Å²) in [5.74, 6) is -0.379. The van der Waals surface area contributed by atoms with Crippen LogP contribution in [0.3, 0.4) is 0 Å². The summed E-state index contributed by atoms with van der Waals surface area (Å²) in [6, 6.07) is 0.710. The lowest BCUT2D eigenvalue weighted by Gasteiger charge is -2.19. The fourth-order valence-electron chi connectivity index (χ4n) is 1.51. The van der Waals surface area contributed by atoms with E-state index >= 15 is 0 Å². The molecule has 0 unspecified atom stereocenters. The van der Waals surface area contributed by atoms with Crippen LogP contribution in [-0.4, -0.2) is 40.4 Å². The van der Waals surface area contributed by atoms with E-state index in [-0.39, 0.29) is 18.3 Å². The van der Waals surface area contributed by atoms with E-state index < -0.39 is 17.2 Å². The standard InChI is InChI=1S/C11H14ClF3N4O/c1-3-19(4-2)9(20)6-16-8-5-7(11(13,14)15)17-10(12)18-8/h5H,3-4,6H2,1-2H3,(H,16,17,18). The Bertz CT molecular complexity index is 477. The minimum Gasteiger partial charge on any atom is -0.361 e. The van der Waals surface area contributed by atoms with Crippen LogP contribution in [0.5, 0.6) is 0 Å². The molecule has 1 rings (SSSR count). The molecule has 0 aromatic carbocycles. The van der Waals surface area contributed by atoms with Gasteiger partial charge in [0.15, 0.2) is 5.69 Å². The molecule has 0 aliphatic heterocycles. The van der Waals surface area contributed by atoms with Gasteiger partial charge in [-0.2, -0.15) is 13.2 Å². The maximum absolute atomic E-state index is 12.5. The maximum atomic E-state index is 12.5. The van der Waals surface area contributed by atoms with Crippen LogP contribution in [0.1, 0.15) is 19.5 Å². The van der Waals surface area contributed by atoms with Gasteiger partial charge < -0.3 is 10.2 Å². The molecule has 0 bridgehead atoms. The van der Waals surface area contributed by atoms with Crippen LogP contribution in [0.25, 0.3) is 0 Å². The Morgan fingerprint density at radius 2 is 1.95 bits per heavy atom. The van der Waals surface area contributed by atoms with E-state index in [1.165, 1.54) is 0 Å². The van der Waals surface area contributed by atoms with Crippen molar-refractivity contribution in [3.8, 4) is 0 Å². The average molecular weight is 311 g/mol. The van der Waals surface area contributed by atoms with Gasteiger partial charge in [-0.25, -0.2) is 9.97 Å². The second-order valence-electron chi connectivity index (χ2n) is 3.82. The number of hydrogen-bond acceptors (Lipinski definition) is 4. The summed E-state index contributed by atoms with van der Waals surface area (Å²) in [7, 11) is 0. The van der Waals surface area contributed by atoms with Crippen molar-refractivity contribution in [2.75, 3.05) is 25.0 Å². The lowest BCUT2D eigenvalue weighted by Crippen LogP contribution is -2.35. The molecule has 0 aliphatic carbocycles. The molecule has 5 nitrogen and oxygen atoms in total. The monoisotopic (exact) mass is 310 g/mol. The quantitative estimate of drug-likeness (QED) is 0.849. The van der Waals surface area contributed by atoms with E-state index in [4.69, 9.17) is 11.6 Å². The molecule has 1 aromatic rings. The molecule has 0 saturated carbocycles. The Hall–Kier alpha value is -1.57. The van der Waals surface area contributed by atoms with Crippen molar-refractivity contribution in [2.45, 2.75) is 20.0 Å². The predicted octanol–water partition coefficient (Wildman–Crippen LogP) is 2.43. The molecule has 112 valence electrons. The second-order valence-corrected chi connectivity index (χ2v) is 4.16. The van der Waals surface area contributed by atoms with Crippen LogP contribution in [0.4, 0.5) is 19.0 Å². The zero-order valence-corrected chi connectivity index (χ0v) is 11.7. The van der Waals surface area contributed by atoms with Crippen LogP contribution in [0.15, 0.2) is 6.07 Å². The number of carbonyl (C=O) groups excluding carboxylic acids is 1. The lowest BCUT2D eigenvalue weighted by molar-refractivity contribution is -0.141. The number of anilines is 1. The molecule has 9 heteroatoms. The highest BCUT2D eigenvalue weighted by Crippen LogP contribution is 2.29. The summed E-state index contributed by atoms with van der Waals surface area (Å²) < 4.78 is 37.6. The van der Waals surface area contributed by atoms with Gasteiger partial charge in [0.25, 0.3) is 0 Å². The van der Waals surface area contributed by atoms with Gasteiger partial charge in [-0.1, -0.05) is 0 Å². The molecule has 0 radical (unpaired) electrons. The molecule has 1 N–H and O–H groups in total. The van der Waals surface area contributed by atoms with Crippen LogP contribution in [-0.2, 0) is 11.0 Å². The molecule has 0 aliphatic rings. The average Bonchev–Trinajstić information content (AvgIpc) is 2.36. The van der Waals surface area contributed by atoms with Gasteiger partial charge in [0, 0.05) is 19.2 Å². The Balaban J connectivity index is 2.79. The molecule has 1 heterocycles. The van der Waals surface area contributed by atoms with Crippen LogP contribution in [0, 0.1) is 0 Å². The normalized spacial score (nSPS) is 11.3. The highest BCUT2D eigenvalue weighted by Gasteiger charge is 2.33. The largest absolute Gasteiger partial charge is 0.433 e. The van der Waals surface area contributed by atoms with Crippen molar-refractivity contribution in [2.24, 2.45) is 0 Å². The van der Waals surface area contributed by atoms with Gasteiger partial charge in [0.1, 0.15) is 5.82 Å². The number of amides is 1. The van der Waals surface area contributed by atoms with E-state index in [2.05, 4.69) is 15.3 Å². The molecule has 20 heavy (non-hydrogen) atoms. The minimum absolute atomic E-state index is 0.141. The van der Waals surface area contributed by atoms with Crippen molar-refractivity contribution in [3.63, 3.8) is 0 Å². The van der Waals surface area contributed by atoms with Gasteiger partial charge in [-0.05, 0) is 25.4 Å². The second kappa shape index (κ2) is 6.74. The lowest BCUT2D eigenvalue weighted by atomic mass is 10.3. The van der Waals surface area contributed by atoms with Crippen molar-refractivity contribution in [1.29, 1.82) is 0 Å². The fraction of sp³-hybridized carbons (Fsp3) is 0.545. The van der Waals surface area contributed by atoms with Gasteiger partial charge in [-0.15, -0.1) is 0 Å². The summed E-state index contributed by atoms with van der Waals surface area (Å²) in [4.78, 5) is 19.9. The highest BCUT2D eigenvalue weighted by molar-refractivity contribution is 6.28. The third kappa shape index (κ3) is 4.52. The Kier molecular flexibility index (Phi) is 5.55. The summed E-state index contributed by atoms with van der Waals surface area (Å²) in [6.07, 6.45) is -4.62. The summed E-state index contributed by atoms with van der Waals surface area (Å²) in [5, 5.41) is 1.99. The van der Waals surface area contributed by atoms with Crippen molar-refractivity contribution in [1.82, 2.24) is 14.9 Å². The number of rotatable bonds is 5. The van der Waals surface area contributed by atoms with Crippen LogP contribution in [0.2, 0.25) is 5.28 Å². The first-order valence-corrected chi connectivity index (χ1v) is 6.29. The summed E-state index contributed by atoms with van der Waals surface area (Å²) in [5.41, 5.74) is -1.16. The van der Waals surface area contributed by atoms with E-state index in [9.17, 15) is 18.0 Å². The first-order chi connectivity index (χ1) is 9.27. The first-order valence-electron chi connectivity index (χ1n) is 5.91. The van der Waals surface area contributed by atoms with Crippen molar-refractivity contribution < 1.29 is 18.0 Å². The smallest absolute Gasteiger partial charge is 0.361 e. The third-order valence-electron chi connectivity index (χ3n) is 2.53. The SMILES string of the molecule is CCN(CC)C(=O)CNc1cc(C(F)(F)F)nc(Cl)n1. The van der Waals surface area contributed by atoms with E-state index in [1.807, 2.05) is 13.8 Å². The van der Waals surface area contributed by atoms with E-state index in [0.29, 0.717) is 19.2 Å². The zero-order valence-electron chi connectivity index (χ0n) is 11.0. The number of aromatic nitrogens is 2. The number of nitrogens with one attached hydrogen (secondary N) is 1. The Morgan fingerprint density at radius 3 is 2.45 bits per heavy atom. The minimum atomic E-state index is -4.62. The number of alkyl halides is 3. The Morgan fingerprint density at radius 1 is 1.35 bits per heavy atom. The van der Waals surface area contributed by atoms with E-state index in [0.717, 1.165) is 0 Å². The van der Waals surface area contributed by atoms with Gasteiger partial charge in [-0.3, -0.25) is 4.79 Å². The molecular formula is C11H14ClF3N4O. The molecule has 0 saturated heterocycles. The molecular weight excluding hydrogens is 297 g/mol. The van der Waals surface area contributed by atoms with Gasteiger partial charge in [0.05, 0.1) is 6.54 Å². The summed E-state index contributed by atoms with van der Waals surface area (Å²) >= 11 is 5.43. The third-order valence-corrected chi connectivity index (χ3v) is 2.70. The molecule has 1 aromatic heterocycles. The number of halogens is 4. The van der Waals surface area contributed by atoms with E-state index in [1.54, 1.807) is 4.90 Å². The topological polar surface area (TPSA) is 58.1 Å². The van der Waals surface area contributed by atoms with Crippen molar-refractivity contribution >= 4 is 23.3 Å². The van der Waals surface area contributed by atoms with Crippen LogP contribution < -0.4 is 5.32 Å². The number of nitrogens with zero attached hydrogens (tertiary/aromatic N) is 3. The summed E-state index contributed by atoms with van der Waals surface area (Å²) in [6.45, 7) is 4.51. The maximum Gasteiger partial charge on any atom is 0.433 e. The number of likely N-dealkylation sites (N-methyl/N-ethyl adjacent to an activating group) is 1. The number of carbonyl (C=O) groups is 1. The molecule has 0 spiro atoms. The molecule has 1 amide bonds. The number of hydrogen-bond donors (Lipinski definition) is 1. The first kappa shape index (κ1) is 16.5. The molecule has 0 atom stereocenters. The zero-order chi connectivity index (χ0) is 15.3. The van der Waals surface area contributed by atoms with Gasteiger partial charge in [0.2, 0.25) is 11.2 Å². The highest BCUT2D eigenvalue weighted by atomic mass is 35.5.